The van der Waals surface area contributed by atoms with E-state index in [2.05, 4.69) is 16.3 Å². The van der Waals surface area contributed by atoms with Gasteiger partial charge in [0.1, 0.15) is 29.7 Å². The first-order valence-corrected chi connectivity index (χ1v) is 10.7. The summed E-state index contributed by atoms with van der Waals surface area (Å²) in [4.78, 5) is 0. The molecular weight excluding hydrogens is 428 g/mol. The quantitative estimate of drug-likeness (QED) is 0.434. The topological polar surface area (TPSA) is 106 Å². The molecule has 4 aromatic rings. The van der Waals surface area contributed by atoms with Crippen molar-refractivity contribution in [2.45, 2.75) is 12.5 Å². The lowest BCUT2D eigenvalue weighted by Gasteiger charge is -2.24. The van der Waals surface area contributed by atoms with Crippen LogP contribution in [0.4, 0.5) is 0 Å². The van der Waals surface area contributed by atoms with Crippen LogP contribution >= 0.6 is 0 Å². The largest absolute Gasteiger partial charge is 0.497 e. The fraction of sp³-hybridized carbons (Fsp3) is 0.111. The van der Waals surface area contributed by atoms with Crippen molar-refractivity contribution in [1.82, 2.24) is 10.2 Å². The summed E-state index contributed by atoms with van der Waals surface area (Å²) >= 11 is 0. The van der Waals surface area contributed by atoms with Crippen molar-refractivity contribution in [3.63, 3.8) is 0 Å². The number of fused-ring (bicyclic) bond motifs is 1. The lowest BCUT2D eigenvalue weighted by molar-refractivity contribution is 0.306. The Morgan fingerprint density at radius 2 is 1.82 bits per heavy atom. The average molecular weight is 450 g/mol. The Balaban J connectivity index is 1.55. The van der Waals surface area contributed by atoms with Crippen LogP contribution in [0.2, 0.25) is 0 Å². The van der Waals surface area contributed by atoms with Crippen molar-refractivity contribution in [3.8, 4) is 34.7 Å². The standard InChI is InChI=1S/C27H22N4O3/c1-32-20-12-10-18(11-13-20)25-24-23(22(15-28)26(29)34-27(24)31-30-25)19-8-5-9-21(14-19)33-16-17-6-3-2-4-7-17/h2-14,23H,16,29H2,1H3,(H,30,31)/t23-/m0/s1. The van der Waals surface area contributed by atoms with E-state index in [1.165, 1.54) is 0 Å². The number of allylic oxidation sites excluding steroid dienone is 1. The molecule has 0 saturated heterocycles. The van der Waals surface area contributed by atoms with E-state index in [0.717, 1.165) is 33.7 Å². The minimum atomic E-state index is -0.468. The number of hydrogen-bond donors (Lipinski definition) is 2. The van der Waals surface area contributed by atoms with Gasteiger partial charge in [-0.2, -0.15) is 5.26 Å². The molecule has 7 heteroatoms. The van der Waals surface area contributed by atoms with Crippen LogP contribution in [0.3, 0.4) is 0 Å². The Hall–Kier alpha value is -4.70. The van der Waals surface area contributed by atoms with Crippen molar-refractivity contribution in [2.24, 2.45) is 5.73 Å². The lowest BCUT2D eigenvalue weighted by Crippen LogP contribution is -2.21. The number of nitrogens with one attached hydrogen (secondary N) is 1. The molecule has 34 heavy (non-hydrogen) atoms. The monoisotopic (exact) mass is 450 g/mol. The van der Waals surface area contributed by atoms with Gasteiger partial charge in [-0.05, 0) is 47.5 Å². The molecule has 3 aromatic carbocycles. The number of aromatic amines is 1. The van der Waals surface area contributed by atoms with Crippen molar-refractivity contribution < 1.29 is 14.2 Å². The molecule has 1 aliphatic heterocycles. The fourth-order valence-corrected chi connectivity index (χ4v) is 4.08. The Labute approximate surface area is 197 Å². The summed E-state index contributed by atoms with van der Waals surface area (Å²) in [5.74, 6) is 1.37. The molecule has 3 N–H and O–H groups in total. The van der Waals surface area contributed by atoms with Gasteiger partial charge in [0.15, 0.2) is 0 Å². The Morgan fingerprint density at radius 1 is 1.03 bits per heavy atom. The first-order chi connectivity index (χ1) is 16.7. The highest BCUT2D eigenvalue weighted by molar-refractivity contribution is 5.71. The molecule has 7 nitrogen and oxygen atoms in total. The predicted molar refractivity (Wildman–Crippen MR) is 127 cm³/mol. The summed E-state index contributed by atoms with van der Waals surface area (Å²) in [5, 5.41) is 17.4. The number of nitrogens with two attached hydrogens (primary N) is 1. The summed E-state index contributed by atoms with van der Waals surface area (Å²) in [7, 11) is 1.62. The first-order valence-electron chi connectivity index (χ1n) is 10.7. The molecule has 1 aliphatic rings. The van der Waals surface area contributed by atoms with Crippen molar-refractivity contribution in [3.05, 3.63) is 107 Å². The van der Waals surface area contributed by atoms with Gasteiger partial charge >= 0.3 is 0 Å². The third kappa shape index (κ3) is 3.93. The normalized spacial score (nSPS) is 14.6. The second-order valence-corrected chi connectivity index (χ2v) is 7.82. The molecule has 168 valence electrons. The van der Waals surface area contributed by atoms with Crippen molar-refractivity contribution in [2.75, 3.05) is 7.11 Å². The number of nitriles is 1. The summed E-state index contributed by atoms with van der Waals surface area (Å²) in [5.41, 5.74) is 10.8. The van der Waals surface area contributed by atoms with Gasteiger partial charge < -0.3 is 19.9 Å². The summed E-state index contributed by atoms with van der Waals surface area (Å²) in [6, 6.07) is 27.5. The SMILES string of the molecule is COc1ccc(-c2[nH]nc3c2[C@@H](c2cccc(OCc4ccccc4)c2)C(C#N)=C(N)O3)cc1. The van der Waals surface area contributed by atoms with Gasteiger partial charge in [-0.3, -0.25) is 5.10 Å². The number of aromatic nitrogens is 2. The molecule has 0 bridgehead atoms. The highest BCUT2D eigenvalue weighted by atomic mass is 16.5. The Morgan fingerprint density at radius 3 is 2.56 bits per heavy atom. The molecule has 1 atom stereocenters. The molecule has 2 heterocycles. The first kappa shape index (κ1) is 21.2. The van der Waals surface area contributed by atoms with Crippen LogP contribution in [0.15, 0.2) is 90.3 Å². The van der Waals surface area contributed by atoms with E-state index in [0.29, 0.717) is 23.8 Å². The molecular formula is C27H22N4O3. The third-order valence-electron chi connectivity index (χ3n) is 5.76. The fourth-order valence-electron chi connectivity index (χ4n) is 4.08. The molecule has 0 aliphatic carbocycles. The zero-order chi connectivity index (χ0) is 23.5. The van der Waals surface area contributed by atoms with Gasteiger partial charge in [0.2, 0.25) is 11.8 Å². The molecule has 0 radical (unpaired) electrons. The van der Waals surface area contributed by atoms with E-state index >= 15 is 0 Å². The average Bonchev–Trinajstić information content (AvgIpc) is 3.30. The minimum Gasteiger partial charge on any atom is -0.497 e. The number of ether oxygens (including phenoxy) is 3. The Kier molecular flexibility index (Phi) is 5.63. The second-order valence-electron chi connectivity index (χ2n) is 7.82. The van der Waals surface area contributed by atoms with Crippen LogP contribution < -0.4 is 19.9 Å². The highest BCUT2D eigenvalue weighted by Crippen LogP contribution is 2.46. The molecule has 0 amide bonds. The maximum absolute atomic E-state index is 9.96. The maximum Gasteiger partial charge on any atom is 0.244 e. The van der Waals surface area contributed by atoms with E-state index in [-0.39, 0.29) is 5.88 Å². The van der Waals surface area contributed by atoms with E-state index < -0.39 is 5.92 Å². The van der Waals surface area contributed by atoms with Gasteiger partial charge in [0.05, 0.1) is 24.3 Å². The number of nitrogens with zero attached hydrogens (tertiary/aromatic N) is 2. The molecule has 0 saturated carbocycles. The summed E-state index contributed by atoms with van der Waals surface area (Å²) in [6.45, 7) is 0.440. The van der Waals surface area contributed by atoms with Gasteiger partial charge in [0.25, 0.3) is 0 Å². The van der Waals surface area contributed by atoms with Gasteiger partial charge in [-0.1, -0.05) is 42.5 Å². The van der Waals surface area contributed by atoms with Crippen LogP contribution in [0.5, 0.6) is 17.4 Å². The van der Waals surface area contributed by atoms with Crippen molar-refractivity contribution in [1.29, 1.82) is 5.26 Å². The zero-order valence-electron chi connectivity index (χ0n) is 18.5. The van der Waals surface area contributed by atoms with Gasteiger partial charge in [0, 0.05) is 5.56 Å². The van der Waals surface area contributed by atoms with Crippen molar-refractivity contribution >= 4 is 0 Å². The Bertz CT molecular complexity index is 1390. The molecule has 0 unspecified atom stereocenters. The molecule has 0 spiro atoms. The molecule has 0 fully saturated rings. The maximum atomic E-state index is 9.96. The van der Waals surface area contributed by atoms with E-state index in [9.17, 15) is 5.26 Å². The number of rotatable bonds is 6. The van der Waals surface area contributed by atoms with Crippen LogP contribution in [0.1, 0.15) is 22.6 Å². The molecule has 5 rings (SSSR count). The summed E-state index contributed by atoms with van der Waals surface area (Å²) < 4.78 is 17.0. The van der Waals surface area contributed by atoms with Gasteiger partial charge in [-0.25, -0.2) is 0 Å². The minimum absolute atomic E-state index is 0.0448. The van der Waals surface area contributed by atoms with Crippen LogP contribution in [0.25, 0.3) is 11.3 Å². The van der Waals surface area contributed by atoms with Crippen LogP contribution in [-0.2, 0) is 6.61 Å². The second kappa shape index (κ2) is 9.04. The van der Waals surface area contributed by atoms with Gasteiger partial charge in [-0.15, -0.1) is 5.10 Å². The van der Waals surface area contributed by atoms with Crippen LogP contribution in [-0.4, -0.2) is 17.3 Å². The number of hydrogen-bond acceptors (Lipinski definition) is 6. The van der Waals surface area contributed by atoms with Crippen LogP contribution in [0, 0.1) is 11.3 Å². The highest BCUT2D eigenvalue weighted by Gasteiger charge is 2.35. The van der Waals surface area contributed by atoms with E-state index in [4.69, 9.17) is 19.9 Å². The zero-order valence-corrected chi connectivity index (χ0v) is 18.5. The third-order valence-corrected chi connectivity index (χ3v) is 5.76. The number of benzene rings is 3. The number of H-pyrrole nitrogens is 1. The van der Waals surface area contributed by atoms with E-state index in [1.54, 1.807) is 7.11 Å². The molecule has 1 aromatic heterocycles. The lowest BCUT2D eigenvalue weighted by atomic mass is 9.83. The van der Waals surface area contributed by atoms with E-state index in [1.807, 2.05) is 78.9 Å². The summed E-state index contributed by atoms with van der Waals surface area (Å²) in [6.07, 6.45) is 0. The smallest absolute Gasteiger partial charge is 0.244 e. The predicted octanol–water partition coefficient (Wildman–Crippen LogP) is 4.88. The number of methoxy groups -OCH3 is 1.